The van der Waals surface area contributed by atoms with Crippen molar-refractivity contribution < 1.29 is 4.79 Å². The smallest absolute Gasteiger partial charge is 0.129 e. The quantitative estimate of drug-likeness (QED) is 0.628. The Bertz CT molecular complexity index is 264. The standard InChI is InChI=1S/C13H18O/c1-12(14)8-4-2-5-9-13-10-6-3-7-11-13/h3,6-7,10-11H,2,4-5,8-9H2,1H3. The third-order valence-corrected chi connectivity index (χ3v) is 2.34. The highest BCUT2D eigenvalue weighted by atomic mass is 16.1. The van der Waals surface area contributed by atoms with E-state index in [9.17, 15) is 4.79 Å². The molecule has 0 atom stereocenters. The van der Waals surface area contributed by atoms with Gasteiger partial charge in [0.1, 0.15) is 5.78 Å². The molecule has 0 amide bonds. The molecule has 0 N–H and O–H groups in total. The lowest BCUT2D eigenvalue weighted by Crippen LogP contribution is -1.90. The molecule has 76 valence electrons. The lowest BCUT2D eigenvalue weighted by Gasteiger charge is -2.00. The van der Waals surface area contributed by atoms with E-state index >= 15 is 0 Å². The van der Waals surface area contributed by atoms with Crippen molar-refractivity contribution in [2.45, 2.75) is 39.0 Å². The maximum Gasteiger partial charge on any atom is 0.129 e. The van der Waals surface area contributed by atoms with Crippen LogP contribution in [-0.2, 0) is 11.2 Å². The van der Waals surface area contributed by atoms with Crippen molar-refractivity contribution in [1.82, 2.24) is 0 Å². The minimum Gasteiger partial charge on any atom is -0.300 e. The third-order valence-electron chi connectivity index (χ3n) is 2.34. The van der Waals surface area contributed by atoms with E-state index in [1.807, 2.05) is 6.07 Å². The Labute approximate surface area is 86.1 Å². The molecule has 0 bridgehead atoms. The number of ketones is 1. The Kier molecular flexibility index (Phi) is 4.98. The van der Waals surface area contributed by atoms with Crippen LogP contribution in [0.15, 0.2) is 30.3 Å². The SMILES string of the molecule is CC(=O)CCCCCc1ccccc1. The number of unbranched alkanes of at least 4 members (excludes halogenated alkanes) is 2. The van der Waals surface area contributed by atoms with Gasteiger partial charge in [0.2, 0.25) is 0 Å². The Morgan fingerprint density at radius 1 is 1.07 bits per heavy atom. The summed E-state index contributed by atoms with van der Waals surface area (Å²) >= 11 is 0. The first-order valence-electron chi connectivity index (χ1n) is 5.32. The number of carbonyl (C=O) groups is 1. The molecule has 0 aromatic heterocycles. The maximum atomic E-state index is 10.7. The Morgan fingerprint density at radius 2 is 1.79 bits per heavy atom. The third kappa shape index (κ3) is 4.80. The van der Waals surface area contributed by atoms with Crippen LogP contribution in [0, 0.1) is 0 Å². The van der Waals surface area contributed by atoms with Gasteiger partial charge in [-0.2, -0.15) is 0 Å². The number of aryl methyl sites for hydroxylation is 1. The highest BCUT2D eigenvalue weighted by Crippen LogP contribution is 2.07. The molecule has 14 heavy (non-hydrogen) atoms. The van der Waals surface area contributed by atoms with Crippen molar-refractivity contribution in [1.29, 1.82) is 0 Å². The molecule has 1 heteroatoms. The maximum absolute atomic E-state index is 10.7. The van der Waals surface area contributed by atoms with Crippen LogP contribution in [0.3, 0.4) is 0 Å². The average Bonchev–Trinajstić information content (AvgIpc) is 2.18. The predicted octanol–water partition coefficient (Wildman–Crippen LogP) is 3.38. The number of Topliss-reactive ketones (excluding diaryl/α,β-unsaturated/α-hetero) is 1. The summed E-state index contributed by atoms with van der Waals surface area (Å²) < 4.78 is 0. The second kappa shape index (κ2) is 6.36. The average molecular weight is 190 g/mol. The van der Waals surface area contributed by atoms with E-state index in [0.717, 1.165) is 25.7 Å². The normalized spacial score (nSPS) is 10.1. The molecule has 0 aliphatic heterocycles. The summed E-state index contributed by atoms with van der Waals surface area (Å²) in [6, 6.07) is 10.5. The highest BCUT2D eigenvalue weighted by molar-refractivity contribution is 5.75. The molecule has 0 radical (unpaired) electrons. The van der Waals surface area contributed by atoms with Gasteiger partial charge in [-0.1, -0.05) is 36.8 Å². The monoisotopic (exact) mass is 190 g/mol. The Hall–Kier alpha value is -1.11. The molecule has 1 rings (SSSR count). The summed E-state index contributed by atoms with van der Waals surface area (Å²) in [4.78, 5) is 10.7. The van der Waals surface area contributed by atoms with E-state index in [-0.39, 0.29) is 0 Å². The summed E-state index contributed by atoms with van der Waals surface area (Å²) in [5, 5.41) is 0. The summed E-state index contributed by atoms with van der Waals surface area (Å²) in [5.74, 6) is 0.310. The molecule has 0 fully saturated rings. The fraction of sp³-hybridized carbons (Fsp3) is 0.462. The van der Waals surface area contributed by atoms with Crippen LogP contribution in [0.25, 0.3) is 0 Å². The zero-order chi connectivity index (χ0) is 10.2. The van der Waals surface area contributed by atoms with Gasteiger partial charge in [0.25, 0.3) is 0 Å². The van der Waals surface area contributed by atoms with Crippen molar-refractivity contribution in [2.75, 3.05) is 0 Å². The molecule has 1 aromatic carbocycles. The molecule has 0 heterocycles. The van der Waals surface area contributed by atoms with E-state index in [0.29, 0.717) is 5.78 Å². The van der Waals surface area contributed by atoms with Gasteiger partial charge < -0.3 is 4.79 Å². The molecule has 0 saturated heterocycles. The minimum absolute atomic E-state index is 0.310. The fourth-order valence-electron chi connectivity index (χ4n) is 1.52. The lowest BCUT2D eigenvalue weighted by atomic mass is 10.1. The second-order valence-electron chi connectivity index (χ2n) is 3.75. The van der Waals surface area contributed by atoms with Crippen LogP contribution in [0.5, 0.6) is 0 Å². The zero-order valence-corrected chi connectivity index (χ0v) is 8.83. The first kappa shape index (κ1) is 11.0. The predicted molar refractivity (Wildman–Crippen MR) is 59.3 cm³/mol. The van der Waals surface area contributed by atoms with E-state index in [2.05, 4.69) is 24.3 Å². The molecular weight excluding hydrogens is 172 g/mol. The van der Waals surface area contributed by atoms with Crippen LogP contribution < -0.4 is 0 Å². The molecule has 0 aliphatic carbocycles. The molecule has 0 unspecified atom stereocenters. The largest absolute Gasteiger partial charge is 0.300 e. The molecule has 1 aromatic rings. The highest BCUT2D eigenvalue weighted by Gasteiger charge is 1.95. The van der Waals surface area contributed by atoms with E-state index in [1.165, 1.54) is 12.0 Å². The van der Waals surface area contributed by atoms with Crippen LogP contribution in [-0.4, -0.2) is 5.78 Å². The Morgan fingerprint density at radius 3 is 2.43 bits per heavy atom. The molecule has 0 spiro atoms. The number of hydrogen-bond donors (Lipinski definition) is 0. The van der Waals surface area contributed by atoms with Crippen molar-refractivity contribution in [3.8, 4) is 0 Å². The van der Waals surface area contributed by atoms with Crippen LogP contribution in [0.4, 0.5) is 0 Å². The van der Waals surface area contributed by atoms with Crippen molar-refractivity contribution >= 4 is 5.78 Å². The van der Waals surface area contributed by atoms with Gasteiger partial charge in [-0.15, -0.1) is 0 Å². The van der Waals surface area contributed by atoms with Gasteiger partial charge >= 0.3 is 0 Å². The first-order valence-corrected chi connectivity index (χ1v) is 5.32. The van der Waals surface area contributed by atoms with Crippen LogP contribution in [0.1, 0.15) is 38.2 Å². The minimum atomic E-state index is 0.310. The summed E-state index contributed by atoms with van der Waals surface area (Å²) in [6.07, 6.45) is 5.28. The zero-order valence-electron chi connectivity index (χ0n) is 8.83. The van der Waals surface area contributed by atoms with Gasteiger partial charge in [-0.25, -0.2) is 0 Å². The number of rotatable bonds is 6. The second-order valence-corrected chi connectivity index (χ2v) is 3.75. The topological polar surface area (TPSA) is 17.1 Å². The first-order chi connectivity index (χ1) is 6.79. The molecule has 1 nitrogen and oxygen atoms in total. The number of benzene rings is 1. The lowest BCUT2D eigenvalue weighted by molar-refractivity contribution is -0.117. The fourth-order valence-corrected chi connectivity index (χ4v) is 1.52. The number of carbonyl (C=O) groups excluding carboxylic acids is 1. The van der Waals surface area contributed by atoms with Crippen molar-refractivity contribution in [3.63, 3.8) is 0 Å². The summed E-state index contributed by atoms with van der Waals surface area (Å²) in [6.45, 7) is 1.66. The summed E-state index contributed by atoms with van der Waals surface area (Å²) in [5.41, 5.74) is 1.40. The van der Waals surface area contributed by atoms with Gasteiger partial charge in [0.05, 0.1) is 0 Å². The van der Waals surface area contributed by atoms with Gasteiger partial charge in [0.15, 0.2) is 0 Å². The van der Waals surface area contributed by atoms with Crippen LogP contribution in [0.2, 0.25) is 0 Å². The van der Waals surface area contributed by atoms with Gasteiger partial charge in [-0.05, 0) is 31.7 Å². The van der Waals surface area contributed by atoms with Gasteiger partial charge in [0, 0.05) is 6.42 Å². The van der Waals surface area contributed by atoms with Gasteiger partial charge in [-0.3, -0.25) is 0 Å². The van der Waals surface area contributed by atoms with Crippen molar-refractivity contribution in [3.05, 3.63) is 35.9 Å². The van der Waals surface area contributed by atoms with Crippen LogP contribution >= 0.6 is 0 Å². The molecular formula is C13H18O. The molecule has 0 saturated carbocycles. The summed E-state index contributed by atoms with van der Waals surface area (Å²) in [7, 11) is 0. The Balaban J connectivity index is 2.08. The van der Waals surface area contributed by atoms with E-state index in [1.54, 1.807) is 6.92 Å². The van der Waals surface area contributed by atoms with E-state index < -0.39 is 0 Å². The molecule has 0 aliphatic rings. The van der Waals surface area contributed by atoms with Crippen molar-refractivity contribution in [2.24, 2.45) is 0 Å². The number of hydrogen-bond acceptors (Lipinski definition) is 1. The van der Waals surface area contributed by atoms with E-state index in [4.69, 9.17) is 0 Å².